The van der Waals surface area contributed by atoms with E-state index < -0.39 is 0 Å². The Kier molecular flexibility index (Phi) is 3.56. The highest BCUT2D eigenvalue weighted by Crippen LogP contribution is 2.38. The lowest BCUT2D eigenvalue weighted by molar-refractivity contribution is 0.166. The van der Waals surface area contributed by atoms with Gasteiger partial charge in [-0.05, 0) is 42.9 Å². The Morgan fingerprint density at radius 1 is 1.14 bits per heavy atom. The maximum Gasteiger partial charge on any atom is 0.0807 e. The van der Waals surface area contributed by atoms with Crippen molar-refractivity contribution in [2.45, 2.75) is 54.9 Å². The molecule has 0 amide bonds. The highest BCUT2D eigenvalue weighted by Gasteiger charge is 2.24. The first kappa shape index (κ1) is 13.5. The molecule has 0 saturated heterocycles. The minimum Gasteiger partial charge on any atom is -0.388 e. The van der Waals surface area contributed by atoms with Crippen LogP contribution in [0.3, 0.4) is 0 Å². The molecule has 2 heterocycles. The van der Waals surface area contributed by atoms with Crippen molar-refractivity contribution in [2.75, 3.05) is 0 Å². The Labute approximate surface area is 130 Å². The summed E-state index contributed by atoms with van der Waals surface area (Å²) in [6.07, 6.45) is 9.76. The van der Waals surface area contributed by atoms with Gasteiger partial charge in [0.05, 0.1) is 6.10 Å². The van der Waals surface area contributed by atoms with E-state index in [1.165, 1.54) is 28.0 Å². The predicted molar refractivity (Wildman–Crippen MR) is 86.7 cm³/mol. The number of rotatable bonds is 2. The van der Waals surface area contributed by atoms with Gasteiger partial charge in [0.25, 0.3) is 0 Å². The molecule has 1 aliphatic carbocycles. The van der Waals surface area contributed by atoms with Crippen LogP contribution >= 0.6 is 11.8 Å². The van der Waals surface area contributed by atoms with Gasteiger partial charge in [-0.25, -0.2) is 0 Å². The molecule has 110 valence electrons. The monoisotopic (exact) mass is 299 g/mol. The molecule has 21 heavy (non-hydrogen) atoms. The molecule has 1 N–H and O–H groups in total. The second kappa shape index (κ2) is 5.54. The van der Waals surface area contributed by atoms with Crippen LogP contribution in [0.5, 0.6) is 0 Å². The van der Waals surface area contributed by atoms with Crippen LogP contribution < -0.4 is 0 Å². The Balaban J connectivity index is 1.51. The summed E-state index contributed by atoms with van der Waals surface area (Å²) in [6.45, 7) is 1.04. The molecule has 0 spiro atoms. The quantitative estimate of drug-likeness (QED) is 0.849. The molecule has 4 rings (SSSR count). The van der Waals surface area contributed by atoms with E-state index in [-0.39, 0.29) is 6.10 Å². The van der Waals surface area contributed by atoms with Gasteiger partial charge in [0.2, 0.25) is 0 Å². The number of aromatic nitrogens is 1. The lowest BCUT2D eigenvalue weighted by Gasteiger charge is -2.10. The van der Waals surface area contributed by atoms with E-state index >= 15 is 0 Å². The van der Waals surface area contributed by atoms with Crippen molar-refractivity contribution >= 4 is 11.8 Å². The molecule has 0 radical (unpaired) electrons. The number of thioether (sulfide) groups is 1. The molecule has 2 aromatic rings. The number of hydrogen-bond acceptors (Lipinski definition) is 2. The average Bonchev–Trinajstić information content (AvgIpc) is 3.02. The maximum atomic E-state index is 10.2. The fourth-order valence-electron chi connectivity index (χ4n) is 3.59. The Morgan fingerprint density at radius 3 is 2.95 bits per heavy atom. The first-order valence-electron chi connectivity index (χ1n) is 7.91. The topological polar surface area (TPSA) is 25.2 Å². The summed E-state index contributed by atoms with van der Waals surface area (Å²) in [5, 5.41) is 10.9. The zero-order valence-electron chi connectivity index (χ0n) is 12.2. The first-order valence-corrected chi connectivity index (χ1v) is 8.79. The third-order valence-corrected chi connectivity index (χ3v) is 5.96. The summed E-state index contributed by atoms with van der Waals surface area (Å²) < 4.78 is 2.31. The van der Waals surface area contributed by atoms with Crippen molar-refractivity contribution in [2.24, 2.45) is 0 Å². The van der Waals surface area contributed by atoms with E-state index in [9.17, 15) is 5.11 Å². The van der Waals surface area contributed by atoms with Gasteiger partial charge >= 0.3 is 0 Å². The summed E-state index contributed by atoms with van der Waals surface area (Å²) in [5.74, 6) is 0. The third kappa shape index (κ3) is 2.65. The van der Waals surface area contributed by atoms with Gasteiger partial charge in [-0.2, -0.15) is 0 Å². The second-order valence-electron chi connectivity index (χ2n) is 6.25. The molecule has 1 aromatic carbocycles. The van der Waals surface area contributed by atoms with Crippen molar-refractivity contribution < 1.29 is 5.11 Å². The van der Waals surface area contributed by atoms with E-state index in [0.717, 1.165) is 32.2 Å². The number of aryl methyl sites for hydroxylation is 1. The summed E-state index contributed by atoms with van der Waals surface area (Å²) in [4.78, 5) is 1.44. The molecule has 2 unspecified atom stereocenters. The van der Waals surface area contributed by atoms with Gasteiger partial charge < -0.3 is 9.67 Å². The molecule has 2 atom stereocenters. The molecular formula is C18H21NOS. The fourth-order valence-corrected chi connectivity index (χ4v) is 4.92. The van der Waals surface area contributed by atoms with Crippen molar-refractivity contribution in [3.63, 3.8) is 0 Å². The van der Waals surface area contributed by atoms with E-state index in [2.05, 4.69) is 41.2 Å². The zero-order chi connectivity index (χ0) is 14.2. The molecule has 2 nitrogen and oxygen atoms in total. The number of benzene rings is 1. The van der Waals surface area contributed by atoms with E-state index in [1.54, 1.807) is 0 Å². The normalized spacial score (nSPS) is 24.4. The standard InChI is InChI=1S/C18H21NOS/c20-17-7-3-1-6-14-10-19(12-16(14)17)11-15-9-13-5-2-4-8-18(13)21-15/h2,4-5,8,10,12,15,17,20H,1,3,6-7,9,11H2. The van der Waals surface area contributed by atoms with E-state index in [4.69, 9.17) is 0 Å². The smallest absolute Gasteiger partial charge is 0.0807 e. The molecule has 0 bridgehead atoms. The van der Waals surface area contributed by atoms with Crippen LogP contribution in [-0.2, 0) is 19.4 Å². The molecule has 2 aliphatic rings. The average molecular weight is 299 g/mol. The highest BCUT2D eigenvalue weighted by molar-refractivity contribution is 8.00. The number of nitrogens with zero attached hydrogens (tertiary/aromatic N) is 1. The number of fused-ring (bicyclic) bond motifs is 2. The number of aliphatic hydroxyl groups is 1. The second-order valence-corrected chi connectivity index (χ2v) is 7.59. The Hall–Kier alpha value is -1.19. The summed E-state index contributed by atoms with van der Waals surface area (Å²) >= 11 is 2.00. The minimum absolute atomic E-state index is 0.253. The van der Waals surface area contributed by atoms with Gasteiger partial charge in [-0.1, -0.05) is 24.6 Å². The molecule has 0 fully saturated rings. The van der Waals surface area contributed by atoms with E-state index in [1.807, 2.05) is 11.8 Å². The molecule has 0 saturated carbocycles. The zero-order valence-corrected chi connectivity index (χ0v) is 13.0. The van der Waals surface area contributed by atoms with Gasteiger partial charge in [-0.3, -0.25) is 0 Å². The predicted octanol–water partition coefficient (Wildman–Crippen LogP) is 3.96. The Bertz CT molecular complexity index is 623. The van der Waals surface area contributed by atoms with Crippen molar-refractivity contribution in [1.29, 1.82) is 0 Å². The fraction of sp³-hybridized carbons (Fsp3) is 0.444. The Morgan fingerprint density at radius 2 is 2.05 bits per heavy atom. The van der Waals surface area contributed by atoms with Crippen molar-refractivity contribution in [1.82, 2.24) is 4.57 Å². The molecular weight excluding hydrogens is 278 g/mol. The molecule has 1 aliphatic heterocycles. The van der Waals surface area contributed by atoms with Gasteiger partial charge in [0.15, 0.2) is 0 Å². The van der Waals surface area contributed by atoms with Gasteiger partial charge in [0.1, 0.15) is 0 Å². The van der Waals surface area contributed by atoms with Gasteiger partial charge in [-0.15, -0.1) is 11.8 Å². The van der Waals surface area contributed by atoms with Gasteiger partial charge in [0, 0.05) is 34.6 Å². The van der Waals surface area contributed by atoms with Crippen LogP contribution in [0.2, 0.25) is 0 Å². The highest BCUT2D eigenvalue weighted by atomic mass is 32.2. The van der Waals surface area contributed by atoms with Crippen LogP contribution in [-0.4, -0.2) is 14.9 Å². The van der Waals surface area contributed by atoms with Crippen LogP contribution in [0.4, 0.5) is 0 Å². The first-order chi connectivity index (χ1) is 10.3. The molecule has 1 aromatic heterocycles. The number of aliphatic hydroxyl groups excluding tert-OH is 1. The number of hydrogen-bond donors (Lipinski definition) is 1. The van der Waals surface area contributed by atoms with Crippen molar-refractivity contribution in [3.05, 3.63) is 53.3 Å². The lowest BCUT2D eigenvalue weighted by Crippen LogP contribution is -2.10. The molecule has 3 heteroatoms. The van der Waals surface area contributed by atoms with E-state index in [0.29, 0.717) is 5.25 Å². The summed E-state index contributed by atoms with van der Waals surface area (Å²) in [6, 6.07) is 8.74. The van der Waals surface area contributed by atoms with Crippen LogP contribution in [0.15, 0.2) is 41.6 Å². The summed E-state index contributed by atoms with van der Waals surface area (Å²) in [5.41, 5.74) is 4.02. The third-order valence-electron chi connectivity index (χ3n) is 4.66. The SMILES string of the molecule is OC1CCCCc2cn(CC3Cc4ccccc4S3)cc21. The minimum atomic E-state index is -0.253. The lowest BCUT2D eigenvalue weighted by atomic mass is 10.1. The van der Waals surface area contributed by atoms with Crippen LogP contribution in [0, 0.1) is 0 Å². The summed E-state index contributed by atoms with van der Waals surface area (Å²) in [7, 11) is 0. The van der Waals surface area contributed by atoms with Crippen LogP contribution in [0.1, 0.15) is 42.1 Å². The van der Waals surface area contributed by atoms with Crippen molar-refractivity contribution in [3.8, 4) is 0 Å². The largest absolute Gasteiger partial charge is 0.388 e. The maximum absolute atomic E-state index is 10.2. The van der Waals surface area contributed by atoms with Crippen LogP contribution in [0.25, 0.3) is 0 Å².